The number of aliphatic hydroxyl groups excluding tert-OH is 1. The van der Waals surface area contributed by atoms with E-state index >= 15 is 0 Å². The molecule has 2 heterocycles. The molecule has 0 saturated carbocycles. The molecule has 2 aliphatic heterocycles. The Hall–Kier alpha value is -2.23. The third-order valence-electron chi connectivity index (χ3n) is 6.44. The molecule has 0 radical (unpaired) electrons. The normalized spacial score (nSPS) is 23.8. The van der Waals surface area contributed by atoms with Crippen molar-refractivity contribution >= 4 is 45.8 Å². The largest absolute Gasteiger partial charge is 0.394 e. The number of aliphatic hydroxyl groups is 2. The molecular weight excluding hydrogens is 519 g/mol. The number of carbonyl (C=O) groups excluding carboxylic acids is 2. The van der Waals surface area contributed by atoms with Crippen molar-refractivity contribution < 1.29 is 19.8 Å². The minimum atomic E-state index is -1.73. The van der Waals surface area contributed by atoms with E-state index in [9.17, 15) is 19.8 Å². The third kappa shape index (κ3) is 3.97. The van der Waals surface area contributed by atoms with Crippen LogP contribution in [0.25, 0.3) is 0 Å². The Morgan fingerprint density at radius 3 is 2.75 bits per heavy atom. The fourth-order valence-corrected chi connectivity index (χ4v) is 5.15. The average molecular weight is 546 g/mol. The van der Waals surface area contributed by atoms with Crippen LogP contribution >= 0.6 is 22.6 Å². The second-order valence-electron chi connectivity index (χ2n) is 8.39. The summed E-state index contributed by atoms with van der Waals surface area (Å²) in [5.41, 5.74) is 0.212. The van der Waals surface area contributed by atoms with E-state index in [1.165, 1.54) is 0 Å². The second-order valence-corrected chi connectivity index (χ2v) is 9.64. The van der Waals surface area contributed by atoms with Crippen molar-refractivity contribution in [2.75, 3.05) is 18.1 Å². The zero-order valence-electron chi connectivity index (χ0n) is 17.9. The molecular formula is C25H27IN2O4. The van der Waals surface area contributed by atoms with Crippen molar-refractivity contribution in [3.05, 3.63) is 69.8 Å². The molecule has 2 N–H and O–H groups in total. The number of carbonyl (C=O) groups is 2. The van der Waals surface area contributed by atoms with Crippen LogP contribution in [-0.2, 0) is 15.2 Å². The monoisotopic (exact) mass is 546 g/mol. The van der Waals surface area contributed by atoms with Gasteiger partial charge in [0.05, 0.1) is 18.3 Å². The van der Waals surface area contributed by atoms with E-state index in [-0.39, 0.29) is 25.0 Å². The van der Waals surface area contributed by atoms with Crippen molar-refractivity contribution in [2.24, 2.45) is 5.92 Å². The number of hydrogen-bond donors (Lipinski definition) is 2. The maximum absolute atomic E-state index is 13.6. The van der Waals surface area contributed by atoms with Gasteiger partial charge in [-0.15, -0.1) is 0 Å². The van der Waals surface area contributed by atoms with Gasteiger partial charge in [-0.1, -0.05) is 37.3 Å². The fourth-order valence-electron chi connectivity index (χ4n) is 4.66. The lowest BCUT2D eigenvalue weighted by Crippen LogP contribution is -2.42. The SMILES string of the molecule is C[C@@H](/C=C/CC(=O)N1CCC[C@H]1CO)[C@]1(O)C(=O)N(c2ccccc2)c2ccc(I)cc21. The summed E-state index contributed by atoms with van der Waals surface area (Å²) in [7, 11) is 0. The highest BCUT2D eigenvalue weighted by atomic mass is 127. The number of amides is 2. The number of anilines is 2. The lowest BCUT2D eigenvalue weighted by atomic mass is 9.83. The minimum absolute atomic E-state index is 0.0230. The molecule has 32 heavy (non-hydrogen) atoms. The maximum atomic E-state index is 13.6. The van der Waals surface area contributed by atoms with E-state index in [1.807, 2.05) is 48.5 Å². The lowest BCUT2D eigenvalue weighted by Gasteiger charge is -2.28. The summed E-state index contributed by atoms with van der Waals surface area (Å²) in [6.07, 6.45) is 5.37. The van der Waals surface area contributed by atoms with Gasteiger partial charge >= 0.3 is 0 Å². The summed E-state index contributed by atoms with van der Waals surface area (Å²) < 4.78 is 0.929. The lowest BCUT2D eigenvalue weighted by molar-refractivity contribution is -0.138. The zero-order chi connectivity index (χ0) is 22.9. The molecule has 1 fully saturated rings. The van der Waals surface area contributed by atoms with Gasteiger partial charge in [-0.25, -0.2) is 0 Å². The van der Waals surface area contributed by atoms with Gasteiger partial charge in [0.15, 0.2) is 5.60 Å². The topological polar surface area (TPSA) is 81.1 Å². The Kier molecular flexibility index (Phi) is 6.69. The highest BCUT2D eigenvalue weighted by Crippen LogP contribution is 2.48. The van der Waals surface area contributed by atoms with Crippen LogP contribution in [0.3, 0.4) is 0 Å². The molecule has 0 aromatic heterocycles. The molecule has 168 valence electrons. The average Bonchev–Trinajstić information content (AvgIpc) is 3.36. The van der Waals surface area contributed by atoms with Crippen molar-refractivity contribution in [2.45, 2.75) is 37.8 Å². The summed E-state index contributed by atoms with van der Waals surface area (Å²) in [5, 5.41) is 21.2. The first-order valence-corrected chi connectivity index (χ1v) is 11.9. The van der Waals surface area contributed by atoms with Gasteiger partial charge in [-0.3, -0.25) is 14.5 Å². The Balaban J connectivity index is 1.59. The number of benzene rings is 2. The quantitative estimate of drug-likeness (QED) is 0.428. The molecule has 0 bridgehead atoms. The Morgan fingerprint density at radius 2 is 2.03 bits per heavy atom. The van der Waals surface area contributed by atoms with Gasteiger partial charge in [0.2, 0.25) is 5.91 Å². The summed E-state index contributed by atoms with van der Waals surface area (Å²) >= 11 is 2.18. The van der Waals surface area contributed by atoms with Gasteiger partial charge in [0.1, 0.15) is 0 Å². The van der Waals surface area contributed by atoms with Crippen LogP contribution in [0.4, 0.5) is 11.4 Å². The van der Waals surface area contributed by atoms with Gasteiger partial charge in [-0.05, 0) is 65.8 Å². The van der Waals surface area contributed by atoms with Crippen LogP contribution in [-0.4, -0.2) is 46.1 Å². The van der Waals surface area contributed by atoms with Gasteiger partial charge in [0.25, 0.3) is 5.91 Å². The number of hydrogen-bond acceptors (Lipinski definition) is 4. The van der Waals surface area contributed by atoms with Gasteiger partial charge in [-0.2, -0.15) is 0 Å². The van der Waals surface area contributed by atoms with E-state index in [0.717, 1.165) is 16.4 Å². The van der Waals surface area contributed by atoms with Crippen molar-refractivity contribution in [1.82, 2.24) is 4.90 Å². The molecule has 3 atom stereocenters. The number of para-hydroxylation sites is 1. The van der Waals surface area contributed by atoms with Gasteiger partial charge in [0, 0.05) is 33.7 Å². The third-order valence-corrected chi connectivity index (χ3v) is 7.11. The minimum Gasteiger partial charge on any atom is -0.394 e. The number of rotatable bonds is 6. The maximum Gasteiger partial charge on any atom is 0.268 e. The van der Waals surface area contributed by atoms with E-state index in [2.05, 4.69) is 22.6 Å². The first-order valence-electron chi connectivity index (χ1n) is 10.9. The summed E-state index contributed by atoms with van der Waals surface area (Å²) in [4.78, 5) is 29.4. The molecule has 2 aromatic carbocycles. The van der Waals surface area contributed by atoms with Crippen LogP contribution in [0, 0.1) is 9.49 Å². The molecule has 7 heteroatoms. The predicted octanol–water partition coefficient (Wildman–Crippen LogP) is 3.72. The molecule has 2 aromatic rings. The van der Waals surface area contributed by atoms with Crippen LogP contribution in [0.5, 0.6) is 0 Å². The highest BCUT2D eigenvalue weighted by molar-refractivity contribution is 14.1. The Bertz CT molecular complexity index is 1040. The number of fused-ring (bicyclic) bond motifs is 1. The Labute approximate surface area is 201 Å². The zero-order valence-corrected chi connectivity index (χ0v) is 20.1. The summed E-state index contributed by atoms with van der Waals surface area (Å²) in [6.45, 7) is 2.43. The van der Waals surface area contributed by atoms with Crippen LogP contribution in [0.15, 0.2) is 60.7 Å². The number of halogens is 1. The molecule has 0 unspecified atom stereocenters. The predicted molar refractivity (Wildman–Crippen MR) is 131 cm³/mol. The van der Waals surface area contributed by atoms with Crippen LogP contribution in [0.2, 0.25) is 0 Å². The standard InChI is InChI=1S/C25H27IN2O4/c1-17(7-5-11-23(30)27-14-6-10-20(27)16-29)25(32)21-15-18(26)12-13-22(21)28(24(25)31)19-8-3-2-4-9-19/h2-5,7-9,12-13,15,17,20,29,32H,6,10-11,14,16H2,1H3/b7-5+/t17-,20-,25+/m0/s1. The molecule has 0 aliphatic carbocycles. The molecule has 2 aliphatic rings. The summed E-state index contributed by atoms with van der Waals surface area (Å²) in [6, 6.07) is 14.8. The van der Waals surface area contributed by atoms with E-state index in [0.29, 0.717) is 23.5 Å². The smallest absolute Gasteiger partial charge is 0.268 e. The fraction of sp³-hybridized carbons (Fsp3) is 0.360. The first kappa shape index (κ1) is 22.9. The molecule has 1 saturated heterocycles. The molecule has 6 nitrogen and oxygen atoms in total. The highest BCUT2D eigenvalue weighted by Gasteiger charge is 2.53. The second kappa shape index (κ2) is 9.33. The molecule has 4 rings (SSSR count). The molecule has 0 spiro atoms. The number of nitrogens with zero attached hydrogens (tertiary/aromatic N) is 2. The van der Waals surface area contributed by atoms with Crippen LogP contribution in [0.1, 0.15) is 31.7 Å². The van der Waals surface area contributed by atoms with E-state index < -0.39 is 17.4 Å². The van der Waals surface area contributed by atoms with Gasteiger partial charge < -0.3 is 15.1 Å². The van der Waals surface area contributed by atoms with Crippen molar-refractivity contribution in [1.29, 1.82) is 0 Å². The van der Waals surface area contributed by atoms with Crippen LogP contribution < -0.4 is 4.90 Å². The van der Waals surface area contributed by atoms with E-state index in [1.54, 1.807) is 28.9 Å². The van der Waals surface area contributed by atoms with Crippen molar-refractivity contribution in [3.8, 4) is 0 Å². The summed E-state index contributed by atoms with van der Waals surface area (Å²) in [5.74, 6) is -0.986. The molecule has 2 amide bonds. The Morgan fingerprint density at radius 1 is 1.28 bits per heavy atom. The van der Waals surface area contributed by atoms with Crippen molar-refractivity contribution in [3.63, 3.8) is 0 Å². The first-order chi connectivity index (χ1) is 15.4. The number of likely N-dealkylation sites (tertiary alicyclic amines) is 1. The van der Waals surface area contributed by atoms with E-state index in [4.69, 9.17) is 0 Å².